The Balaban J connectivity index is 2.60. The van der Waals surface area contributed by atoms with Crippen molar-refractivity contribution in [3.8, 4) is 0 Å². The van der Waals surface area contributed by atoms with Crippen molar-refractivity contribution in [2.45, 2.75) is 13.0 Å². The van der Waals surface area contributed by atoms with Crippen LogP contribution >= 0.6 is 0 Å². The highest BCUT2D eigenvalue weighted by Gasteiger charge is 2.01. The highest BCUT2D eigenvalue weighted by molar-refractivity contribution is 5.78. The summed E-state index contributed by atoms with van der Waals surface area (Å²) in [5, 5.41) is 17.1. The lowest BCUT2D eigenvalue weighted by Crippen LogP contribution is -1.89. The second-order valence-electron chi connectivity index (χ2n) is 2.89. The highest BCUT2D eigenvalue weighted by Crippen LogP contribution is 2.17. The summed E-state index contributed by atoms with van der Waals surface area (Å²) in [6.07, 6.45) is 1.35. The quantitative estimate of drug-likeness (QED) is 0.669. The third kappa shape index (κ3) is 1.08. The zero-order valence-corrected chi connectivity index (χ0v) is 6.78. The number of aliphatic hydroxyl groups is 1. The Kier molecular flexibility index (Phi) is 1.59. The Labute approximate surface area is 70.0 Å². The number of nitrogens with zero attached hydrogens (tertiary/aromatic N) is 1. The lowest BCUT2D eigenvalue weighted by atomic mass is 10.1. The molecule has 0 fully saturated rings. The molecular weight excluding hydrogens is 152 g/mol. The van der Waals surface area contributed by atoms with E-state index in [2.05, 4.69) is 10.2 Å². The molecule has 0 aliphatic carbocycles. The van der Waals surface area contributed by atoms with Gasteiger partial charge in [-0.05, 0) is 18.6 Å². The zero-order valence-electron chi connectivity index (χ0n) is 6.78. The first-order valence-electron chi connectivity index (χ1n) is 3.88. The first-order valence-corrected chi connectivity index (χ1v) is 3.88. The summed E-state index contributed by atoms with van der Waals surface area (Å²) in [5.41, 5.74) is 1.88. The molecule has 0 aliphatic rings. The van der Waals surface area contributed by atoms with E-state index < -0.39 is 6.10 Å². The van der Waals surface area contributed by atoms with Crippen LogP contribution in [0.5, 0.6) is 0 Å². The SMILES string of the molecule is C[C@H](O)c1ccc2cn[nH]c2c1. The summed E-state index contributed by atoms with van der Waals surface area (Å²) in [6, 6.07) is 5.76. The molecule has 1 heterocycles. The van der Waals surface area contributed by atoms with Crippen LogP contribution in [0.3, 0.4) is 0 Å². The maximum absolute atomic E-state index is 9.29. The normalized spacial score (nSPS) is 13.5. The van der Waals surface area contributed by atoms with Gasteiger partial charge < -0.3 is 5.11 Å². The number of hydrogen-bond donors (Lipinski definition) is 2. The predicted octanol–water partition coefficient (Wildman–Crippen LogP) is 1.62. The van der Waals surface area contributed by atoms with Gasteiger partial charge in [-0.25, -0.2) is 0 Å². The molecule has 0 aliphatic heterocycles. The van der Waals surface area contributed by atoms with Gasteiger partial charge in [0, 0.05) is 5.39 Å². The van der Waals surface area contributed by atoms with E-state index in [1.54, 1.807) is 13.1 Å². The summed E-state index contributed by atoms with van der Waals surface area (Å²) in [7, 11) is 0. The molecule has 3 heteroatoms. The standard InChI is InChI=1S/C9H10N2O/c1-6(12)7-2-3-8-5-10-11-9(8)4-7/h2-6,12H,1H3,(H,10,11)/t6-/m0/s1. The van der Waals surface area contributed by atoms with Crippen LogP contribution in [-0.2, 0) is 0 Å². The van der Waals surface area contributed by atoms with Crippen LogP contribution in [0.2, 0.25) is 0 Å². The molecule has 2 rings (SSSR count). The molecular formula is C9H10N2O. The Morgan fingerprint density at radius 1 is 1.50 bits per heavy atom. The molecule has 1 aromatic carbocycles. The molecule has 1 atom stereocenters. The van der Waals surface area contributed by atoms with Crippen molar-refractivity contribution < 1.29 is 5.11 Å². The molecule has 2 N–H and O–H groups in total. The van der Waals surface area contributed by atoms with E-state index >= 15 is 0 Å². The molecule has 12 heavy (non-hydrogen) atoms. The van der Waals surface area contributed by atoms with Crippen LogP contribution in [0.4, 0.5) is 0 Å². The topological polar surface area (TPSA) is 48.9 Å². The van der Waals surface area contributed by atoms with Gasteiger partial charge in [0.1, 0.15) is 0 Å². The number of benzene rings is 1. The number of hydrogen-bond acceptors (Lipinski definition) is 2. The van der Waals surface area contributed by atoms with Gasteiger partial charge in [-0.2, -0.15) is 5.10 Å². The van der Waals surface area contributed by atoms with Gasteiger partial charge in [0.05, 0.1) is 17.8 Å². The molecule has 2 aromatic rings. The first-order chi connectivity index (χ1) is 5.77. The van der Waals surface area contributed by atoms with Gasteiger partial charge in [-0.3, -0.25) is 5.10 Å². The molecule has 0 saturated heterocycles. The first kappa shape index (κ1) is 7.31. The number of H-pyrrole nitrogens is 1. The van der Waals surface area contributed by atoms with Crippen LogP contribution in [0.15, 0.2) is 24.4 Å². The maximum Gasteiger partial charge on any atom is 0.0762 e. The third-order valence-electron chi connectivity index (χ3n) is 1.95. The minimum atomic E-state index is -0.419. The minimum Gasteiger partial charge on any atom is -0.389 e. The molecule has 0 spiro atoms. The summed E-state index contributed by atoms with van der Waals surface area (Å²) in [6.45, 7) is 1.75. The van der Waals surface area contributed by atoms with E-state index in [1.165, 1.54) is 0 Å². The van der Waals surface area contributed by atoms with Crippen molar-refractivity contribution in [3.63, 3.8) is 0 Å². The van der Waals surface area contributed by atoms with E-state index in [1.807, 2.05) is 18.2 Å². The zero-order chi connectivity index (χ0) is 8.55. The van der Waals surface area contributed by atoms with Gasteiger partial charge in [0.25, 0.3) is 0 Å². The van der Waals surface area contributed by atoms with E-state index in [9.17, 15) is 5.11 Å². The van der Waals surface area contributed by atoms with Gasteiger partial charge >= 0.3 is 0 Å². The Hall–Kier alpha value is -1.35. The average Bonchev–Trinajstić information content (AvgIpc) is 2.49. The fourth-order valence-corrected chi connectivity index (χ4v) is 1.21. The second-order valence-corrected chi connectivity index (χ2v) is 2.89. The summed E-state index contributed by atoms with van der Waals surface area (Å²) < 4.78 is 0. The van der Waals surface area contributed by atoms with Gasteiger partial charge in [-0.1, -0.05) is 12.1 Å². The van der Waals surface area contributed by atoms with E-state index in [4.69, 9.17) is 0 Å². The fraction of sp³-hybridized carbons (Fsp3) is 0.222. The van der Waals surface area contributed by atoms with Crippen molar-refractivity contribution in [1.82, 2.24) is 10.2 Å². The van der Waals surface area contributed by atoms with Crippen molar-refractivity contribution in [1.29, 1.82) is 0 Å². The van der Waals surface area contributed by atoms with Crippen LogP contribution in [0.25, 0.3) is 10.9 Å². The monoisotopic (exact) mass is 162 g/mol. The van der Waals surface area contributed by atoms with Crippen LogP contribution in [0, 0.1) is 0 Å². The number of aromatic amines is 1. The number of aliphatic hydroxyl groups excluding tert-OH is 1. The summed E-state index contributed by atoms with van der Waals surface area (Å²) in [4.78, 5) is 0. The fourth-order valence-electron chi connectivity index (χ4n) is 1.21. The van der Waals surface area contributed by atoms with Crippen LogP contribution < -0.4 is 0 Å². The molecule has 1 aromatic heterocycles. The summed E-state index contributed by atoms with van der Waals surface area (Å²) >= 11 is 0. The Morgan fingerprint density at radius 2 is 2.33 bits per heavy atom. The number of rotatable bonds is 1. The van der Waals surface area contributed by atoms with Crippen LogP contribution in [0.1, 0.15) is 18.6 Å². The van der Waals surface area contributed by atoms with E-state index in [0.717, 1.165) is 16.5 Å². The molecule has 0 saturated carbocycles. The molecule has 0 amide bonds. The number of nitrogens with one attached hydrogen (secondary N) is 1. The lowest BCUT2D eigenvalue weighted by Gasteiger charge is -2.02. The largest absolute Gasteiger partial charge is 0.389 e. The maximum atomic E-state index is 9.29. The van der Waals surface area contributed by atoms with Gasteiger partial charge in [-0.15, -0.1) is 0 Å². The number of aromatic nitrogens is 2. The van der Waals surface area contributed by atoms with Gasteiger partial charge in [0.2, 0.25) is 0 Å². The van der Waals surface area contributed by atoms with Crippen molar-refractivity contribution in [2.24, 2.45) is 0 Å². The molecule has 62 valence electrons. The third-order valence-corrected chi connectivity index (χ3v) is 1.95. The van der Waals surface area contributed by atoms with Crippen LogP contribution in [-0.4, -0.2) is 15.3 Å². The highest BCUT2D eigenvalue weighted by atomic mass is 16.3. The Bertz CT molecular complexity index is 392. The molecule has 0 bridgehead atoms. The molecule has 0 unspecified atom stereocenters. The predicted molar refractivity (Wildman–Crippen MR) is 46.7 cm³/mol. The van der Waals surface area contributed by atoms with Crippen molar-refractivity contribution >= 4 is 10.9 Å². The van der Waals surface area contributed by atoms with Crippen molar-refractivity contribution in [2.75, 3.05) is 0 Å². The molecule has 0 radical (unpaired) electrons. The Morgan fingerprint density at radius 3 is 3.08 bits per heavy atom. The average molecular weight is 162 g/mol. The van der Waals surface area contributed by atoms with E-state index in [0.29, 0.717) is 0 Å². The number of fused-ring (bicyclic) bond motifs is 1. The lowest BCUT2D eigenvalue weighted by molar-refractivity contribution is 0.199. The van der Waals surface area contributed by atoms with E-state index in [-0.39, 0.29) is 0 Å². The summed E-state index contributed by atoms with van der Waals surface area (Å²) in [5.74, 6) is 0. The smallest absolute Gasteiger partial charge is 0.0762 e. The van der Waals surface area contributed by atoms with Gasteiger partial charge in [0.15, 0.2) is 0 Å². The molecule has 3 nitrogen and oxygen atoms in total. The minimum absolute atomic E-state index is 0.419. The van der Waals surface area contributed by atoms with Crippen molar-refractivity contribution in [3.05, 3.63) is 30.0 Å². The second kappa shape index (κ2) is 2.60.